The molecule has 1 heterocycles. The number of piperidine rings is 1. The zero-order valence-electron chi connectivity index (χ0n) is 9.74. The van der Waals surface area contributed by atoms with Gasteiger partial charge in [-0.2, -0.15) is 0 Å². The summed E-state index contributed by atoms with van der Waals surface area (Å²) < 4.78 is 0. The Kier molecular flexibility index (Phi) is 5.25. The fraction of sp³-hybridized carbons (Fsp3) is 0.818. The smallest absolute Gasteiger partial charge is 0.323 e. The molecule has 0 bridgehead atoms. The van der Waals surface area contributed by atoms with Crippen LogP contribution < -0.4 is 5.32 Å². The topological polar surface area (TPSA) is 69.6 Å². The molecule has 0 aliphatic carbocycles. The van der Waals surface area contributed by atoms with E-state index in [2.05, 4.69) is 5.32 Å². The summed E-state index contributed by atoms with van der Waals surface area (Å²) >= 11 is 0. The van der Waals surface area contributed by atoms with Gasteiger partial charge >= 0.3 is 5.97 Å². The Morgan fingerprint density at radius 2 is 2.00 bits per heavy atom. The highest BCUT2D eigenvalue weighted by Crippen LogP contribution is 2.15. The second-order valence-corrected chi connectivity index (χ2v) is 4.18. The molecule has 5 nitrogen and oxygen atoms in total. The number of rotatable bonds is 5. The van der Waals surface area contributed by atoms with Crippen molar-refractivity contribution in [3.05, 3.63) is 0 Å². The molecule has 0 aromatic heterocycles. The highest BCUT2D eigenvalue weighted by molar-refractivity contribution is 5.83. The molecule has 2 N–H and O–H groups in total. The van der Waals surface area contributed by atoms with Crippen LogP contribution in [-0.2, 0) is 9.59 Å². The molecule has 0 aromatic carbocycles. The maximum atomic E-state index is 12.1. The minimum Gasteiger partial charge on any atom is -0.480 e. The Hall–Kier alpha value is -1.10. The van der Waals surface area contributed by atoms with Gasteiger partial charge in [0.1, 0.15) is 6.54 Å². The molecule has 0 spiro atoms. The van der Waals surface area contributed by atoms with E-state index < -0.39 is 5.97 Å². The van der Waals surface area contributed by atoms with Crippen LogP contribution in [0.4, 0.5) is 0 Å². The van der Waals surface area contributed by atoms with Crippen LogP contribution in [0.3, 0.4) is 0 Å². The van der Waals surface area contributed by atoms with Crippen LogP contribution >= 0.6 is 0 Å². The predicted molar refractivity (Wildman–Crippen MR) is 60.1 cm³/mol. The normalized spacial score (nSPS) is 17.1. The first-order valence-electron chi connectivity index (χ1n) is 5.86. The van der Waals surface area contributed by atoms with E-state index in [1.165, 1.54) is 4.90 Å². The summed E-state index contributed by atoms with van der Waals surface area (Å²) in [6.07, 6.45) is 2.43. The van der Waals surface area contributed by atoms with E-state index in [-0.39, 0.29) is 18.4 Å². The molecule has 0 aromatic rings. The van der Waals surface area contributed by atoms with Crippen molar-refractivity contribution in [1.29, 1.82) is 0 Å². The Balaban J connectivity index is 2.54. The molecule has 0 atom stereocenters. The van der Waals surface area contributed by atoms with Gasteiger partial charge in [-0.1, -0.05) is 6.92 Å². The van der Waals surface area contributed by atoms with Gasteiger partial charge in [0.2, 0.25) is 5.91 Å². The Labute approximate surface area is 95.8 Å². The Morgan fingerprint density at radius 3 is 2.50 bits per heavy atom. The van der Waals surface area contributed by atoms with Gasteiger partial charge in [0.15, 0.2) is 0 Å². The summed E-state index contributed by atoms with van der Waals surface area (Å²) in [7, 11) is 0. The van der Waals surface area contributed by atoms with Crippen molar-refractivity contribution in [2.24, 2.45) is 5.92 Å². The molecule has 1 rings (SSSR count). The van der Waals surface area contributed by atoms with Gasteiger partial charge in [-0.05, 0) is 32.4 Å². The number of nitrogens with one attached hydrogen (secondary N) is 1. The zero-order chi connectivity index (χ0) is 12.0. The summed E-state index contributed by atoms with van der Waals surface area (Å²) in [5.41, 5.74) is 0. The third kappa shape index (κ3) is 3.81. The van der Waals surface area contributed by atoms with Crippen molar-refractivity contribution in [3.8, 4) is 0 Å². The van der Waals surface area contributed by atoms with Crippen LogP contribution in [0.2, 0.25) is 0 Å². The molecule has 1 amide bonds. The summed E-state index contributed by atoms with van der Waals surface area (Å²) in [5, 5.41) is 11.9. The second-order valence-electron chi connectivity index (χ2n) is 4.18. The van der Waals surface area contributed by atoms with Crippen molar-refractivity contribution in [1.82, 2.24) is 10.2 Å². The number of carbonyl (C=O) groups is 2. The summed E-state index contributed by atoms with van der Waals surface area (Å²) in [6.45, 7) is 4.02. The molecule has 0 saturated carbocycles. The number of amides is 1. The van der Waals surface area contributed by atoms with E-state index in [1.54, 1.807) is 0 Å². The largest absolute Gasteiger partial charge is 0.480 e. The third-order valence-electron chi connectivity index (χ3n) is 2.82. The van der Waals surface area contributed by atoms with E-state index in [4.69, 9.17) is 5.11 Å². The van der Waals surface area contributed by atoms with Crippen molar-refractivity contribution in [3.63, 3.8) is 0 Å². The molecular formula is C11H20N2O3. The van der Waals surface area contributed by atoms with E-state index in [1.807, 2.05) is 6.92 Å². The number of carbonyl (C=O) groups excluding carboxylic acids is 1. The molecule has 92 valence electrons. The summed E-state index contributed by atoms with van der Waals surface area (Å²) in [4.78, 5) is 24.2. The quantitative estimate of drug-likeness (QED) is 0.710. The molecular weight excluding hydrogens is 208 g/mol. The Bertz CT molecular complexity index is 250. The molecule has 1 saturated heterocycles. The van der Waals surface area contributed by atoms with Crippen molar-refractivity contribution in [2.45, 2.75) is 26.2 Å². The third-order valence-corrected chi connectivity index (χ3v) is 2.82. The maximum absolute atomic E-state index is 12.1. The van der Waals surface area contributed by atoms with E-state index in [0.29, 0.717) is 6.54 Å². The van der Waals surface area contributed by atoms with Crippen LogP contribution in [0, 0.1) is 5.92 Å². The molecule has 0 radical (unpaired) electrons. The van der Waals surface area contributed by atoms with Gasteiger partial charge in [-0.3, -0.25) is 9.59 Å². The number of hydrogen-bond donors (Lipinski definition) is 2. The fourth-order valence-corrected chi connectivity index (χ4v) is 2.03. The van der Waals surface area contributed by atoms with Crippen molar-refractivity contribution in [2.75, 3.05) is 26.2 Å². The lowest BCUT2D eigenvalue weighted by Gasteiger charge is -2.28. The average molecular weight is 228 g/mol. The predicted octanol–water partition coefficient (Wildman–Crippen LogP) is 0.309. The minimum atomic E-state index is -0.935. The number of aliphatic carboxylic acids is 1. The number of carboxylic acids is 1. The minimum absolute atomic E-state index is 0.00532. The highest BCUT2D eigenvalue weighted by Gasteiger charge is 2.26. The van der Waals surface area contributed by atoms with Crippen LogP contribution in [0.25, 0.3) is 0 Å². The molecule has 1 fully saturated rings. The Morgan fingerprint density at radius 1 is 1.38 bits per heavy atom. The van der Waals surface area contributed by atoms with Gasteiger partial charge in [0.25, 0.3) is 0 Å². The first kappa shape index (κ1) is 13.0. The monoisotopic (exact) mass is 228 g/mol. The van der Waals surface area contributed by atoms with Gasteiger partial charge < -0.3 is 15.3 Å². The van der Waals surface area contributed by atoms with Crippen molar-refractivity contribution >= 4 is 11.9 Å². The van der Waals surface area contributed by atoms with Crippen LogP contribution in [0.5, 0.6) is 0 Å². The maximum Gasteiger partial charge on any atom is 0.323 e. The highest BCUT2D eigenvalue weighted by atomic mass is 16.4. The molecule has 0 unspecified atom stereocenters. The summed E-state index contributed by atoms with van der Waals surface area (Å²) in [6, 6.07) is 0. The van der Waals surface area contributed by atoms with Gasteiger partial charge in [0.05, 0.1) is 0 Å². The van der Waals surface area contributed by atoms with Crippen molar-refractivity contribution < 1.29 is 14.7 Å². The van der Waals surface area contributed by atoms with Gasteiger partial charge in [-0.15, -0.1) is 0 Å². The standard InChI is InChI=1S/C11H20N2O3/c1-2-7-13(8-10(14)15)11(16)9-3-5-12-6-4-9/h9,12H,2-8H2,1H3,(H,14,15). The molecule has 5 heteroatoms. The van der Waals surface area contributed by atoms with Crippen LogP contribution in [-0.4, -0.2) is 48.1 Å². The molecule has 1 aliphatic rings. The number of hydrogen-bond acceptors (Lipinski definition) is 3. The van der Waals surface area contributed by atoms with Gasteiger partial charge in [0, 0.05) is 12.5 Å². The lowest BCUT2D eigenvalue weighted by atomic mass is 9.96. The lowest BCUT2D eigenvalue weighted by Crippen LogP contribution is -2.43. The van der Waals surface area contributed by atoms with E-state index in [9.17, 15) is 9.59 Å². The average Bonchev–Trinajstić information content (AvgIpc) is 2.28. The molecule has 16 heavy (non-hydrogen) atoms. The van der Waals surface area contributed by atoms with E-state index in [0.717, 1.165) is 32.4 Å². The SMILES string of the molecule is CCCN(CC(=O)O)C(=O)C1CCNCC1. The van der Waals surface area contributed by atoms with Gasteiger partial charge in [-0.25, -0.2) is 0 Å². The number of nitrogens with zero attached hydrogens (tertiary/aromatic N) is 1. The second kappa shape index (κ2) is 6.48. The first-order valence-corrected chi connectivity index (χ1v) is 5.86. The molecule has 1 aliphatic heterocycles. The van der Waals surface area contributed by atoms with E-state index >= 15 is 0 Å². The summed E-state index contributed by atoms with van der Waals surface area (Å²) in [5.74, 6) is -0.923. The lowest BCUT2D eigenvalue weighted by molar-refractivity contribution is -0.146. The zero-order valence-corrected chi connectivity index (χ0v) is 9.74. The van der Waals surface area contributed by atoms with Crippen LogP contribution in [0.1, 0.15) is 26.2 Å². The van der Waals surface area contributed by atoms with Crippen LogP contribution in [0.15, 0.2) is 0 Å². The first-order chi connectivity index (χ1) is 7.65. The fourth-order valence-electron chi connectivity index (χ4n) is 2.03. The number of carboxylic acid groups (broad SMARTS) is 1.